The molecule has 1 aliphatic heterocycles. The van der Waals surface area contributed by atoms with Crippen molar-refractivity contribution in [2.24, 2.45) is 0 Å². The second kappa shape index (κ2) is 7.40. The van der Waals surface area contributed by atoms with Gasteiger partial charge >= 0.3 is 6.09 Å². The summed E-state index contributed by atoms with van der Waals surface area (Å²) < 4.78 is 10.1. The number of rotatable bonds is 5. The number of carbonyl (C=O) groups is 1. The van der Waals surface area contributed by atoms with E-state index in [0.29, 0.717) is 24.4 Å². The maximum atomic E-state index is 11.7. The molecule has 0 saturated carbocycles. The number of aryl methyl sites for hydroxylation is 1. The number of ether oxygens (including phenoxy) is 1. The standard InChI is InChI=1S/C14H24N4O3/c1-4-12(13-15-10(3)21-17-13)16-11-6-8-18(9-7-11)14(19)20-5-2/h11-12,16H,4-9H2,1-3H3. The second-order valence-electron chi connectivity index (χ2n) is 5.26. The molecule has 1 amide bonds. The van der Waals surface area contributed by atoms with Crippen molar-refractivity contribution >= 4 is 6.09 Å². The Kier molecular flexibility index (Phi) is 5.55. The summed E-state index contributed by atoms with van der Waals surface area (Å²) in [6.07, 6.45) is 2.51. The van der Waals surface area contributed by atoms with E-state index in [0.717, 1.165) is 32.4 Å². The van der Waals surface area contributed by atoms with E-state index in [1.54, 1.807) is 11.8 Å². The average molecular weight is 296 g/mol. The van der Waals surface area contributed by atoms with Gasteiger partial charge in [0.05, 0.1) is 12.6 Å². The topological polar surface area (TPSA) is 80.5 Å². The van der Waals surface area contributed by atoms with Crippen molar-refractivity contribution < 1.29 is 14.1 Å². The van der Waals surface area contributed by atoms with Crippen LogP contribution in [0, 0.1) is 6.92 Å². The highest BCUT2D eigenvalue weighted by molar-refractivity contribution is 5.67. The van der Waals surface area contributed by atoms with Gasteiger partial charge in [-0.25, -0.2) is 4.79 Å². The van der Waals surface area contributed by atoms with Crippen LogP contribution >= 0.6 is 0 Å². The van der Waals surface area contributed by atoms with E-state index in [-0.39, 0.29) is 12.1 Å². The van der Waals surface area contributed by atoms with Crippen molar-refractivity contribution in [3.05, 3.63) is 11.7 Å². The number of piperidine rings is 1. The minimum atomic E-state index is -0.211. The Morgan fingerprint density at radius 1 is 1.48 bits per heavy atom. The highest BCUT2D eigenvalue weighted by atomic mass is 16.6. The third kappa shape index (κ3) is 4.17. The summed E-state index contributed by atoms with van der Waals surface area (Å²) in [6, 6.07) is 0.459. The predicted octanol–water partition coefficient (Wildman–Crippen LogP) is 2.04. The fourth-order valence-electron chi connectivity index (χ4n) is 2.56. The molecule has 2 rings (SSSR count). The molecular weight excluding hydrogens is 272 g/mol. The number of aromatic nitrogens is 2. The van der Waals surface area contributed by atoms with Gasteiger partial charge in [0.2, 0.25) is 5.89 Å². The molecule has 118 valence electrons. The predicted molar refractivity (Wildman–Crippen MR) is 76.8 cm³/mol. The van der Waals surface area contributed by atoms with Crippen molar-refractivity contribution in [3.63, 3.8) is 0 Å². The fraction of sp³-hybridized carbons (Fsp3) is 0.786. The van der Waals surface area contributed by atoms with Crippen LogP contribution in [0.4, 0.5) is 4.79 Å². The molecule has 0 aromatic carbocycles. The third-order valence-corrected chi connectivity index (χ3v) is 3.72. The number of likely N-dealkylation sites (tertiary alicyclic amines) is 1. The lowest BCUT2D eigenvalue weighted by atomic mass is 10.0. The Labute approximate surface area is 125 Å². The summed E-state index contributed by atoms with van der Waals surface area (Å²) in [5.74, 6) is 1.30. The minimum Gasteiger partial charge on any atom is -0.450 e. The molecule has 1 N–H and O–H groups in total. The lowest BCUT2D eigenvalue weighted by molar-refractivity contribution is 0.0939. The quantitative estimate of drug-likeness (QED) is 0.895. The molecule has 1 aromatic rings. The number of hydrogen-bond acceptors (Lipinski definition) is 6. The molecule has 1 unspecified atom stereocenters. The van der Waals surface area contributed by atoms with Gasteiger partial charge in [0.1, 0.15) is 0 Å². The summed E-state index contributed by atoms with van der Waals surface area (Å²) in [7, 11) is 0. The smallest absolute Gasteiger partial charge is 0.409 e. The van der Waals surface area contributed by atoms with Gasteiger partial charge in [-0.1, -0.05) is 12.1 Å². The summed E-state index contributed by atoms with van der Waals surface area (Å²) in [4.78, 5) is 17.7. The van der Waals surface area contributed by atoms with Crippen molar-refractivity contribution in [1.82, 2.24) is 20.4 Å². The van der Waals surface area contributed by atoms with E-state index in [1.807, 2.05) is 6.92 Å². The first-order valence-electron chi connectivity index (χ1n) is 7.62. The normalized spacial score (nSPS) is 17.8. The van der Waals surface area contributed by atoms with Crippen LogP contribution in [0.15, 0.2) is 4.52 Å². The first kappa shape index (κ1) is 15.8. The number of nitrogens with one attached hydrogen (secondary N) is 1. The Morgan fingerprint density at radius 2 is 2.19 bits per heavy atom. The first-order valence-corrected chi connectivity index (χ1v) is 7.62. The zero-order valence-electron chi connectivity index (χ0n) is 13.0. The van der Waals surface area contributed by atoms with Crippen molar-refractivity contribution in [2.75, 3.05) is 19.7 Å². The lowest BCUT2D eigenvalue weighted by Gasteiger charge is -2.33. The Balaban J connectivity index is 1.83. The van der Waals surface area contributed by atoms with Crippen LogP contribution in [0.2, 0.25) is 0 Å². The number of amides is 1. The molecule has 7 nitrogen and oxygen atoms in total. The van der Waals surface area contributed by atoms with Gasteiger partial charge in [-0.15, -0.1) is 0 Å². The van der Waals surface area contributed by atoms with Crippen LogP contribution in [0.5, 0.6) is 0 Å². The number of nitrogens with zero attached hydrogens (tertiary/aromatic N) is 3. The molecule has 1 saturated heterocycles. The molecular formula is C14H24N4O3. The molecule has 1 aliphatic rings. The SMILES string of the molecule is CCOC(=O)N1CCC(NC(CC)c2noc(C)n2)CC1. The van der Waals surface area contributed by atoms with Crippen LogP contribution in [0.1, 0.15) is 50.9 Å². The number of carbonyl (C=O) groups excluding carboxylic acids is 1. The molecule has 0 spiro atoms. The van der Waals surface area contributed by atoms with E-state index in [1.165, 1.54) is 0 Å². The van der Waals surface area contributed by atoms with E-state index in [2.05, 4.69) is 22.4 Å². The van der Waals surface area contributed by atoms with E-state index in [4.69, 9.17) is 9.26 Å². The zero-order valence-corrected chi connectivity index (χ0v) is 13.0. The monoisotopic (exact) mass is 296 g/mol. The van der Waals surface area contributed by atoms with E-state index >= 15 is 0 Å². The fourth-order valence-corrected chi connectivity index (χ4v) is 2.56. The average Bonchev–Trinajstić information content (AvgIpc) is 2.92. The molecule has 21 heavy (non-hydrogen) atoms. The maximum Gasteiger partial charge on any atom is 0.409 e. The maximum absolute atomic E-state index is 11.7. The highest BCUT2D eigenvalue weighted by Crippen LogP contribution is 2.18. The second-order valence-corrected chi connectivity index (χ2v) is 5.26. The summed E-state index contributed by atoms with van der Waals surface area (Å²) in [5.41, 5.74) is 0. The van der Waals surface area contributed by atoms with Crippen LogP contribution in [0.25, 0.3) is 0 Å². The Morgan fingerprint density at radius 3 is 2.71 bits per heavy atom. The number of hydrogen-bond donors (Lipinski definition) is 1. The van der Waals surface area contributed by atoms with Crippen molar-refractivity contribution in [1.29, 1.82) is 0 Å². The van der Waals surface area contributed by atoms with Crippen molar-refractivity contribution in [2.45, 2.75) is 52.1 Å². The van der Waals surface area contributed by atoms with Crippen LogP contribution in [-0.2, 0) is 4.74 Å². The lowest BCUT2D eigenvalue weighted by Crippen LogP contribution is -2.46. The third-order valence-electron chi connectivity index (χ3n) is 3.72. The summed E-state index contributed by atoms with van der Waals surface area (Å²) in [6.45, 7) is 7.58. The minimum absolute atomic E-state index is 0.0987. The van der Waals surface area contributed by atoms with Crippen molar-refractivity contribution in [3.8, 4) is 0 Å². The van der Waals surface area contributed by atoms with Gasteiger partial charge in [0.25, 0.3) is 0 Å². The van der Waals surface area contributed by atoms with Crippen LogP contribution in [0.3, 0.4) is 0 Å². The van der Waals surface area contributed by atoms with Gasteiger partial charge in [0.15, 0.2) is 5.82 Å². The molecule has 0 radical (unpaired) electrons. The van der Waals surface area contributed by atoms with E-state index in [9.17, 15) is 4.79 Å². The van der Waals surface area contributed by atoms with Gasteiger partial charge in [-0.05, 0) is 26.2 Å². The largest absolute Gasteiger partial charge is 0.450 e. The van der Waals surface area contributed by atoms with E-state index < -0.39 is 0 Å². The molecule has 1 atom stereocenters. The van der Waals surface area contributed by atoms with Gasteiger partial charge in [0, 0.05) is 26.1 Å². The first-order chi connectivity index (χ1) is 10.1. The molecule has 0 aliphatic carbocycles. The summed E-state index contributed by atoms with van der Waals surface area (Å²) in [5, 5.41) is 7.55. The zero-order chi connectivity index (χ0) is 15.2. The molecule has 2 heterocycles. The molecule has 1 aromatic heterocycles. The molecule has 7 heteroatoms. The van der Waals surface area contributed by atoms with Gasteiger partial charge < -0.3 is 19.5 Å². The molecule has 0 bridgehead atoms. The molecule has 1 fully saturated rings. The highest BCUT2D eigenvalue weighted by Gasteiger charge is 2.26. The van der Waals surface area contributed by atoms with Gasteiger partial charge in [-0.3, -0.25) is 0 Å². The van der Waals surface area contributed by atoms with Crippen LogP contribution < -0.4 is 5.32 Å². The Hall–Kier alpha value is -1.63. The Bertz CT molecular complexity index is 455. The van der Waals surface area contributed by atoms with Gasteiger partial charge in [-0.2, -0.15) is 4.98 Å². The summed E-state index contributed by atoms with van der Waals surface area (Å²) >= 11 is 0. The van der Waals surface area contributed by atoms with Crippen LogP contribution in [-0.4, -0.2) is 46.9 Å².